The predicted molar refractivity (Wildman–Crippen MR) is 121 cm³/mol. The minimum atomic E-state index is -0.477. The Morgan fingerprint density at radius 1 is 1.29 bits per heavy atom. The lowest BCUT2D eigenvalue weighted by Gasteiger charge is -2.36. The van der Waals surface area contributed by atoms with Crippen LogP contribution in [0, 0.1) is 6.92 Å². The summed E-state index contributed by atoms with van der Waals surface area (Å²) in [6.45, 7) is 6.07. The molecule has 0 spiro atoms. The molecule has 3 aromatic heterocycles. The number of fused-ring (bicyclic) bond motifs is 1. The largest absolute Gasteiger partial charge is 0.378 e. The van der Waals surface area contributed by atoms with Crippen LogP contribution in [0.25, 0.3) is 16.7 Å². The van der Waals surface area contributed by atoms with Crippen LogP contribution < -0.4 is 5.73 Å². The van der Waals surface area contributed by atoms with Gasteiger partial charge < -0.3 is 24.7 Å². The Labute approximate surface area is 183 Å². The fourth-order valence-electron chi connectivity index (χ4n) is 4.90. The number of nitrogens with two attached hydrogens (primary N) is 1. The second-order valence-electron chi connectivity index (χ2n) is 8.99. The number of likely N-dealkylation sites (N-methyl/N-ethyl adjacent to an activating group) is 1. The average molecular weight is 422 g/mol. The normalized spacial score (nSPS) is 22.3. The summed E-state index contributed by atoms with van der Waals surface area (Å²) in [5.74, 6) is 1.43. The molecule has 2 aliphatic rings. The van der Waals surface area contributed by atoms with E-state index in [1.807, 2.05) is 6.20 Å². The van der Waals surface area contributed by atoms with E-state index in [2.05, 4.69) is 52.8 Å². The van der Waals surface area contributed by atoms with Crippen molar-refractivity contribution in [3.05, 3.63) is 53.1 Å². The van der Waals surface area contributed by atoms with Gasteiger partial charge in [-0.1, -0.05) is 0 Å². The smallest absolute Gasteiger partial charge is 0.137 e. The van der Waals surface area contributed by atoms with E-state index in [9.17, 15) is 0 Å². The first-order chi connectivity index (χ1) is 15.0. The van der Waals surface area contributed by atoms with Gasteiger partial charge in [-0.05, 0) is 49.8 Å². The molecule has 0 aromatic carbocycles. The molecule has 0 aliphatic carbocycles. The number of hydrogen-bond donors (Lipinski definition) is 1. The van der Waals surface area contributed by atoms with Crippen molar-refractivity contribution in [1.82, 2.24) is 19.4 Å². The number of likely N-dealkylation sites (tertiary alicyclic amines) is 1. The number of rotatable bonds is 6. The predicted octanol–water partition coefficient (Wildman–Crippen LogP) is 2.52. The second kappa shape index (κ2) is 7.98. The molecule has 5 heterocycles. The van der Waals surface area contributed by atoms with E-state index in [4.69, 9.17) is 20.2 Å². The van der Waals surface area contributed by atoms with Crippen LogP contribution in [0.2, 0.25) is 0 Å². The van der Waals surface area contributed by atoms with Crippen LogP contribution in [-0.2, 0) is 21.5 Å². The maximum atomic E-state index is 5.92. The Morgan fingerprint density at radius 3 is 2.81 bits per heavy atom. The van der Waals surface area contributed by atoms with Crippen molar-refractivity contribution in [1.29, 1.82) is 0 Å². The van der Waals surface area contributed by atoms with Crippen molar-refractivity contribution in [2.45, 2.75) is 31.3 Å². The maximum Gasteiger partial charge on any atom is 0.137 e. The maximum absolute atomic E-state index is 5.92. The summed E-state index contributed by atoms with van der Waals surface area (Å²) in [4.78, 5) is 12.1. The van der Waals surface area contributed by atoms with Gasteiger partial charge in [0.1, 0.15) is 11.4 Å². The first kappa shape index (κ1) is 20.6. The zero-order valence-electron chi connectivity index (χ0n) is 18.6. The quantitative estimate of drug-likeness (QED) is 0.659. The molecule has 0 amide bonds. The van der Waals surface area contributed by atoms with Crippen LogP contribution in [0.4, 0.5) is 0 Å². The van der Waals surface area contributed by atoms with Crippen LogP contribution in [-0.4, -0.2) is 66.4 Å². The van der Waals surface area contributed by atoms with Gasteiger partial charge in [0.2, 0.25) is 0 Å². The molecule has 7 heteroatoms. The number of ether oxygens (including phenoxy) is 2. The second-order valence-corrected chi connectivity index (χ2v) is 8.99. The SMILES string of the molecule is CO[C@@]1(c2cc(C)cc(-n3cc(C4CN(C)C4)c4cnc(CCN)cc43)n2)CCOC1. The lowest BCUT2D eigenvalue weighted by atomic mass is 9.92. The molecule has 0 saturated carbocycles. The van der Waals surface area contributed by atoms with Crippen molar-refractivity contribution in [2.24, 2.45) is 5.73 Å². The van der Waals surface area contributed by atoms with Gasteiger partial charge in [0, 0.05) is 69.0 Å². The third-order valence-electron chi connectivity index (χ3n) is 6.73. The minimum Gasteiger partial charge on any atom is -0.378 e. The highest BCUT2D eigenvalue weighted by Gasteiger charge is 2.39. The third kappa shape index (κ3) is 3.55. The molecule has 0 unspecified atom stereocenters. The number of methoxy groups -OCH3 is 1. The first-order valence-corrected chi connectivity index (χ1v) is 11.0. The Hall–Kier alpha value is -2.32. The number of pyridine rings is 2. The van der Waals surface area contributed by atoms with Gasteiger partial charge in [-0.2, -0.15) is 0 Å². The molecule has 0 bridgehead atoms. The molecule has 2 N–H and O–H groups in total. The highest BCUT2D eigenvalue weighted by atomic mass is 16.5. The van der Waals surface area contributed by atoms with Gasteiger partial charge in [0.05, 0.1) is 17.8 Å². The molecule has 164 valence electrons. The average Bonchev–Trinajstić information content (AvgIpc) is 3.37. The van der Waals surface area contributed by atoms with Crippen LogP contribution in [0.1, 0.15) is 34.9 Å². The molecule has 31 heavy (non-hydrogen) atoms. The van der Waals surface area contributed by atoms with Gasteiger partial charge in [-0.25, -0.2) is 4.98 Å². The summed E-state index contributed by atoms with van der Waals surface area (Å²) >= 11 is 0. The van der Waals surface area contributed by atoms with Crippen molar-refractivity contribution >= 4 is 10.9 Å². The lowest BCUT2D eigenvalue weighted by Crippen LogP contribution is -2.41. The summed E-state index contributed by atoms with van der Waals surface area (Å²) < 4.78 is 13.8. The molecule has 5 rings (SSSR count). The van der Waals surface area contributed by atoms with Gasteiger partial charge in [-0.15, -0.1) is 0 Å². The Morgan fingerprint density at radius 2 is 2.13 bits per heavy atom. The van der Waals surface area contributed by atoms with E-state index in [1.165, 1.54) is 10.9 Å². The molecule has 7 nitrogen and oxygen atoms in total. The van der Waals surface area contributed by atoms with Crippen LogP contribution in [0.3, 0.4) is 0 Å². The summed E-state index contributed by atoms with van der Waals surface area (Å²) in [6.07, 6.45) is 5.85. The van der Waals surface area contributed by atoms with Crippen molar-refractivity contribution in [3.63, 3.8) is 0 Å². The molecular weight excluding hydrogens is 390 g/mol. The Kier molecular flexibility index (Phi) is 5.30. The van der Waals surface area contributed by atoms with Crippen LogP contribution in [0.5, 0.6) is 0 Å². The number of hydrogen-bond acceptors (Lipinski definition) is 6. The monoisotopic (exact) mass is 421 g/mol. The lowest BCUT2D eigenvalue weighted by molar-refractivity contribution is -0.0246. The standard InChI is InChI=1S/C24H31N5O2/c1-16-8-22(24(30-3)5-7-31-15-24)27-23(9-16)29-14-20(17-12-28(2)13-17)19-11-26-18(4-6-25)10-21(19)29/h8-11,14,17H,4-7,12-13,15,25H2,1-3H3/t24-/m0/s1. The van der Waals surface area contributed by atoms with Gasteiger partial charge in [0.15, 0.2) is 0 Å². The molecule has 2 aliphatic heterocycles. The summed E-state index contributed by atoms with van der Waals surface area (Å²) in [5, 5.41) is 1.20. The third-order valence-corrected chi connectivity index (χ3v) is 6.73. The fourth-order valence-corrected chi connectivity index (χ4v) is 4.90. The summed E-state index contributed by atoms with van der Waals surface area (Å²) in [6, 6.07) is 6.43. The van der Waals surface area contributed by atoms with Crippen LogP contribution >= 0.6 is 0 Å². The minimum absolute atomic E-state index is 0.477. The van der Waals surface area contributed by atoms with Gasteiger partial charge >= 0.3 is 0 Å². The van der Waals surface area contributed by atoms with E-state index >= 15 is 0 Å². The number of aromatic nitrogens is 3. The fraction of sp³-hybridized carbons (Fsp3) is 0.500. The van der Waals surface area contributed by atoms with Crippen molar-refractivity contribution in [2.75, 3.05) is 47.0 Å². The van der Waals surface area contributed by atoms with Crippen molar-refractivity contribution < 1.29 is 9.47 Å². The van der Waals surface area contributed by atoms with E-state index in [1.54, 1.807) is 7.11 Å². The molecule has 3 aromatic rings. The highest BCUT2D eigenvalue weighted by Crippen LogP contribution is 2.36. The zero-order chi connectivity index (χ0) is 21.6. The van der Waals surface area contributed by atoms with Gasteiger partial charge in [-0.3, -0.25) is 4.98 Å². The first-order valence-electron chi connectivity index (χ1n) is 11.0. The molecule has 0 radical (unpaired) electrons. The molecule has 2 saturated heterocycles. The van der Waals surface area contributed by atoms with E-state index in [0.29, 0.717) is 25.7 Å². The Bertz CT molecular complexity index is 1100. The van der Waals surface area contributed by atoms with Crippen LogP contribution in [0.15, 0.2) is 30.6 Å². The van der Waals surface area contributed by atoms with E-state index in [0.717, 1.165) is 54.2 Å². The number of nitrogens with zero attached hydrogens (tertiary/aromatic N) is 4. The van der Waals surface area contributed by atoms with E-state index < -0.39 is 5.60 Å². The summed E-state index contributed by atoms with van der Waals surface area (Å²) in [5.41, 5.74) is 10.9. The molecule has 2 fully saturated rings. The topological polar surface area (TPSA) is 78.4 Å². The molecule has 1 atom stereocenters. The van der Waals surface area contributed by atoms with E-state index in [-0.39, 0.29) is 0 Å². The Balaban J connectivity index is 1.66. The highest BCUT2D eigenvalue weighted by molar-refractivity contribution is 5.86. The molecular formula is C24H31N5O2. The zero-order valence-corrected chi connectivity index (χ0v) is 18.6. The number of aryl methyl sites for hydroxylation is 1. The summed E-state index contributed by atoms with van der Waals surface area (Å²) in [7, 11) is 3.91. The van der Waals surface area contributed by atoms with Gasteiger partial charge in [0.25, 0.3) is 0 Å². The van der Waals surface area contributed by atoms with Crippen molar-refractivity contribution in [3.8, 4) is 5.82 Å².